The zero-order chi connectivity index (χ0) is 14.0. The average molecular weight is 331 g/mol. The van der Waals surface area contributed by atoms with E-state index in [9.17, 15) is 8.78 Å². The van der Waals surface area contributed by atoms with Crippen LogP contribution in [0.1, 0.15) is 17.2 Å². The second-order valence-corrected chi connectivity index (χ2v) is 5.05. The fourth-order valence-corrected chi connectivity index (χ4v) is 2.22. The molecule has 1 unspecified atom stereocenters. The number of hydrazine groups is 1. The number of nitrogens with zero attached hydrogens (tertiary/aromatic N) is 2. The van der Waals surface area contributed by atoms with Crippen molar-refractivity contribution in [1.29, 1.82) is 0 Å². The fraction of sp³-hybridized carbons (Fsp3) is 0.250. The molecule has 0 bridgehead atoms. The normalized spacial score (nSPS) is 12.7. The summed E-state index contributed by atoms with van der Waals surface area (Å²) in [4.78, 5) is 0. The largest absolute Gasteiger partial charge is 0.275 e. The molecule has 0 aliphatic carbocycles. The van der Waals surface area contributed by atoms with Crippen LogP contribution in [0, 0.1) is 11.6 Å². The Balaban J connectivity index is 2.31. The lowest BCUT2D eigenvalue weighted by Crippen LogP contribution is -2.30. The van der Waals surface area contributed by atoms with Gasteiger partial charge in [-0.3, -0.25) is 16.0 Å². The third-order valence-corrected chi connectivity index (χ3v) is 3.49. The van der Waals surface area contributed by atoms with E-state index >= 15 is 0 Å². The lowest BCUT2D eigenvalue weighted by Gasteiger charge is -2.15. The molecule has 0 aliphatic rings. The first kappa shape index (κ1) is 14.1. The molecule has 0 saturated heterocycles. The second-order valence-electron chi connectivity index (χ2n) is 4.19. The molecule has 3 N–H and O–H groups in total. The van der Waals surface area contributed by atoms with Crippen LogP contribution in [0.5, 0.6) is 0 Å². The average Bonchev–Trinajstić information content (AvgIpc) is 2.81. The van der Waals surface area contributed by atoms with Crippen LogP contribution in [0.4, 0.5) is 8.78 Å². The summed E-state index contributed by atoms with van der Waals surface area (Å²) in [5.74, 6) is 4.26. The van der Waals surface area contributed by atoms with Gasteiger partial charge in [0.2, 0.25) is 0 Å². The highest BCUT2D eigenvalue weighted by atomic mass is 79.9. The minimum absolute atomic E-state index is 0.0128. The van der Waals surface area contributed by atoms with Crippen LogP contribution in [0.25, 0.3) is 0 Å². The van der Waals surface area contributed by atoms with Crippen molar-refractivity contribution in [2.75, 3.05) is 0 Å². The van der Waals surface area contributed by atoms with Crippen LogP contribution >= 0.6 is 15.9 Å². The molecule has 0 aliphatic heterocycles. The number of nitrogens with two attached hydrogens (primary N) is 1. The van der Waals surface area contributed by atoms with Crippen LogP contribution in [0.15, 0.2) is 29.0 Å². The predicted molar refractivity (Wildman–Crippen MR) is 71.0 cm³/mol. The maximum atomic E-state index is 13.9. The van der Waals surface area contributed by atoms with Gasteiger partial charge in [-0.2, -0.15) is 5.10 Å². The van der Waals surface area contributed by atoms with Gasteiger partial charge in [0.15, 0.2) is 0 Å². The van der Waals surface area contributed by atoms with Gasteiger partial charge < -0.3 is 0 Å². The monoisotopic (exact) mass is 330 g/mol. The predicted octanol–water partition coefficient (Wildman–Crippen LogP) is 2.21. The van der Waals surface area contributed by atoms with Gasteiger partial charge >= 0.3 is 0 Å². The van der Waals surface area contributed by atoms with E-state index in [1.165, 1.54) is 12.1 Å². The second kappa shape index (κ2) is 5.77. The number of hydrogen-bond acceptors (Lipinski definition) is 3. The van der Waals surface area contributed by atoms with Crippen LogP contribution in [0.2, 0.25) is 0 Å². The van der Waals surface area contributed by atoms with E-state index in [1.54, 1.807) is 24.1 Å². The first-order valence-electron chi connectivity index (χ1n) is 5.60. The Morgan fingerprint density at radius 3 is 2.79 bits per heavy atom. The van der Waals surface area contributed by atoms with Crippen molar-refractivity contribution >= 4 is 15.9 Å². The first-order valence-corrected chi connectivity index (χ1v) is 6.39. The summed E-state index contributed by atoms with van der Waals surface area (Å²) in [6.07, 6.45) is 3.45. The standard InChI is InChI=1S/C12H13BrF2N4/c1-19-6-7(5-17-19)11(18-16)4-8-10(14)3-2-9(13)12(8)15/h2-3,5-6,11,18H,4,16H2,1H3. The number of aryl methyl sites for hydroxylation is 1. The van der Waals surface area contributed by atoms with E-state index in [-0.39, 0.29) is 16.5 Å². The van der Waals surface area contributed by atoms with Gasteiger partial charge in [-0.25, -0.2) is 8.78 Å². The van der Waals surface area contributed by atoms with Crippen molar-refractivity contribution in [2.24, 2.45) is 12.9 Å². The summed E-state index contributed by atoms with van der Waals surface area (Å²) in [5.41, 5.74) is 3.31. The van der Waals surface area contributed by atoms with Crippen LogP contribution in [-0.2, 0) is 13.5 Å². The fourth-order valence-electron chi connectivity index (χ4n) is 1.85. The van der Waals surface area contributed by atoms with Gasteiger partial charge in [0.1, 0.15) is 11.6 Å². The molecule has 0 fully saturated rings. The quantitative estimate of drug-likeness (QED) is 0.513. The van der Waals surface area contributed by atoms with E-state index in [0.29, 0.717) is 0 Å². The van der Waals surface area contributed by atoms with Gasteiger partial charge in [-0.15, -0.1) is 0 Å². The molecule has 0 radical (unpaired) electrons. The van der Waals surface area contributed by atoms with Crippen molar-refractivity contribution < 1.29 is 8.78 Å². The number of halogens is 3. The van der Waals surface area contributed by atoms with Crippen molar-refractivity contribution in [2.45, 2.75) is 12.5 Å². The highest BCUT2D eigenvalue weighted by Crippen LogP contribution is 2.26. The molecule has 2 rings (SSSR count). The Morgan fingerprint density at radius 2 is 2.21 bits per heavy atom. The van der Waals surface area contributed by atoms with Gasteiger partial charge in [0, 0.05) is 24.4 Å². The molecule has 102 valence electrons. The van der Waals surface area contributed by atoms with Gasteiger partial charge in [0.25, 0.3) is 0 Å². The number of nitrogens with one attached hydrogen (secondary N) is 1. The van der Waals surface area contributed by atoms with Crippen molar-refractivity contribution in [3.63, 3.8) is 0 Å². The molecule has 1 atom stereocenters. The molecule has 2 aromatic rings. The van der Waals surface area contributed by atoms with E-state index in [1.807, 2.05) is 0 Å². The Hall–Kier alpha value is -1.31. The van der Waals surface area contributed by atoms with Crippen LogP contribution in [-0.4, -0.2) is 9.78 Å². The molecule has 1 aromatic carbocycles. The summed E-state index contributed by atoms with van der Waals surface area (Å²) in [6, 6.07) is 2.15. The number of rotatable bonds is 4. The highest BCUT2D eigenvalue weighted by molar-refractivity contribution is 9.10. The van der Waals surface area contributed by atoms with Crippen LogP contribution < -0.4 is 11.3 Å². The SMILES string of the molecule is Cn1cc(C(Cc2c(F)ccc(Br)c2F)NN)cn1. The van der Waals surface area contributed by atoms with Gasteiger partial charge in [-0.1, -0.05) is 0 Å². The van der Waals surface area contributed by atoms with E-state index < -0.39 is 17.7 Å². The van der Waals surface area contributed by atoms with Crippen molar-refractivity contribution in [3.05, 3.63) is 51.8 Å². The molecule has 1 aromatic heterocycles. The summed E-state index contributed by atoms with van der Waals surface area (Å²) in [7, 11) is 1.76. The topological polar surface area (TPSA) is 55.9 Å². The summed E-state index contributed by atoms with van der Waals surface area (Å²) < 4.78 is 29.4. The van der Waals surface area contributed by atoms with E-state index in [2.05, 4.69) is 26.5 Å². The molecule has 19 heavy (non-hydrogen) atoms. The zero-order valence-electron chi connectivity index (χ0n) is 10.2. The number of hydrogen-bond donors (Lipinski definition) is 2. The Kier molecular flexibility index (Phi) is 4.28. The molecule has 0 saturated carbocycles. The minimum Gasteiger partial charge on any atom is -0.275 e. The van der Waals surface area contributed by atoms with Crippen molar-refractivity contribution in [1.82, 2.24) is 15.2 Å². The lowest BCUT2D eigenvalue weighted by molar-refractivity contribution is 0.497. The molecular formula is C12H13BrF2N4. The molecular weight excluding hydrogens is 318 g/mol. The van der Waals surface area contributed by atoms with Gasteiger partial charge in [0.05, 0.1) is 16.7 Å². The molecule has 1 heterocycles. The molecule has 7 heteroatoms. The number of benzene rings is 1. The van der Waals surface area contributed by atoms with Crippen molar-refractivity contribution in [3.8, 4) is 0 Å². The smallest absolute Gasteiger partial charge is 0.143 e. The van der Waals surface area contributed by atoms with Gasteiger partial charge in [-0.05, 0) is 34.5 Å². The minimum atomic E-state index is -0.607. The lowest BCUT2D eigenvalue weighted by atomic mass is 10.0. The summed E-state index contributed by atoms with van der Waals surface area (Å²) >= 11 is 3.04. The highest BCUT2D eigenvalue weighted by Gasteiger charge is 2.19. The van der Waals surface area contributed by atoms with Crippen LogP contribution in [0.3, 0.4) is 0 Å². The first-order chi connectivity index (χ1) is 9.02. The molecule has 4 nitrogen and oxygen atoms in total. The Morgan fingerprint density at radius 1 is 1.47 bits per heavy atom. The Bertz CT molecular complexity index is 585. The maximum absolute atomic E-state index is 13.9. The third-order valence-electron chi connectivity index (χ3n) is 2.88. The molecule has 0 amide bonds. The zero-order valence-corrected chi connectivity index (χ0v) is 11.8. The number of aromatic nitrogens is 2. The Labute approximate surface area is 117 Å². The van der Waals surface area contributed by atoms with E-state index in [0.717, 1.165) is 5.56 Å². The summed E-state index contributed by atoms with van der Waals surface area (Å²) in [6.45, 7) is 0. The maximum Gasteiger partial charge on any atom is 0.143 e. The van der Waals surface area contributed by atoms with E-state index in [4.69, 9.17) is 5.84 Å². The molecule has 0 spiro atoms. The third kappa shape index (κ3) is 2.99. The summed E-state index contributed by atoms with van der Waals surface area (Å²) in [5, 5.41) is 4.01.